The number of ketones is 1. The zero-order chi connectivity index (χ0) is 20.3. The lowest BCUT2D eigenvalue weighted by Crippen LogP contribution is -2.28. The topological polar surface area (TPSA) is 108 Å². The van der Waals surface area contributed by atoms with E-state index >= 15 is 0 Å². The van der Waals surface area contributed by atoms with Crippen molar-refractivity contribution in [3.05, 3.63) is 59.8 Å². The summed E-state index contributed by atoms with van der Waals surface area (Å²) in [7, 11) is -3.80. The van der Waals surface area contributed by atoms with Crippen LogP contribution >= 0.6 is 0 Å². The van der Waals surface area contributed by atoms with E-state index < -0.39 is 10.0 Å². The van der Waals surface area contributed by atoms with Gasteiger partial charge in [0.1, 0.15) is 0 Å². The number of amides is 1. The molecule has 7 nitrogen and oxygen atoms in total. The molecule has 0 fully saturated rings. The molecule has 0 saturated carbocycles. The minimum Gasteiger partial charge on any atom is -0.359 e. The summed E-state index contributed by atoms with van der Waals surface area (Å²) in [5.74, 6) is -0.516. The number of hydrogen-bond acceptors (Lipinski definition) is 4. The first-order valence-corrected chi connectivity index (χ1v) is 10.2. The summed E-state index contributed by atoms with van der Waals surface area (Å²) in [6, 6.07) is 13.3. The Morgan fingerprint density at radius 1 is 1.07 bits per heavy atom. The van der Waals surface area contributed by atoms with Crippen molar-refractivity contribution in [1.82, 2.24) is 9.71 Å². The third kappa shape index (κ3) is 4.65. The van der Waals surface area contributed by atoms with Gasteiger partial charge in [-0.1, -0.05) is 12.1 Å². The number of rotatable bonds is 7. The molecule has 146 valence electrons. The average molecular weight is 399 g/mol. The molecular weight excluding hydrogens is 378 g/mol. The molecular formula is C20H21N3O4S. The summed E-state index contributed by atoms with van der Waals surface area (Å²) >= 11 is 0. The molecule has 3 rings (SSSR count). The third-order valence-corrected chi connectivity index (χ3v) is 5.69. The van der Waals surface area contributed by atoms with E-state index in [2.05, 4.69) is 15.0 Å². The quantitative estimate of drug-likeness (QED) is 0.531. The maximum Gasteiger partial charge on any atom is 0.240 e. The summed E-state index contributed by atoms with van der Waals surface area (Å²) in [6.07, 6.45) is -0.0180. The number of aromatic amines is 1. The Hall–Kier alpha value is -2.97. The number of fused-ring (bicyclic) bond motifs is 1. The van der Waals surface area contributed by atoms with E-state index in [4.69, 9.17) is 0 Å². The van der Waals surface area contributed by atoms with Crippen molar-refractivity contribution >= 4 is 38.3 Å². The van der Waals surface area contributed by atoms with E-state index in [1.165, 1.54) is 25.1 Å². The zero-order valence-corrected chi connectivity index (χ0v) is 16.4. The smallest absolute Gasteiger partial charge is 0.240 e. The van der Waals surface area contributed by atoms with Crippen LogP contribution in [0.1, 0.15) is 29.4 Å². The minimum absolute atomic E-state index is 0.00566. The molecule has 3 N–H and O–H groups in total. The molecule has 28 heavy (non-hydrogen) atoms. The van der Waals surface area contributed by atoms with Crippen molar-refractivity contribution in [3.8, 4) is 0 Å². The van der Waals surface area contributed by atoms with Gasteiger partial charge in [-0.25, -0.2) is 13.1 Å². The fourth-order valence-electron chi connectivity index (χ4n) is 2.84. The second-order valence-corrected chi connectivity index (χ2v) is 8.30. The second kappa shape index (κ2) is 7.95. The van der Waals surface area contributed by atoms with Gasteiger partial charge in [-0.2, -0.15) is 0 Å². The highest BCUT2D eigenvalue weighted by Crippen LogP contribution is 2.20. The monoisotopic (exact) mass is 399 g/mol. The molecule has 1 amide bonds. The first-order chi connectivity index (χ1) is 13.2. The van der Waals surface area contributed by atoms with Crippen LogP contribution in [-0.4, -0.2) is 31.6 Å². The van der Waals surface area contributed by atoms with Crippen molar-refractivity contribution < 1.29 is 18.0 Å². The Kier molecular flexibility index (Phi) is 5.62. The van der Waals surface area contributed by atoms with Crippen molar-refractivity contribution in [1.29, 1.82) is 0 Å². The van der Waals surface area contributed by atoms with Crippen LogP contribution in [0.5, 0.6) is 0 Å². The van der Waals surface area contributed by atoms with Gasteiger partial charge < -0.3 is 10.3 Å². The average Bonchev–Trinajstić information content (AvgIpc) is 3.01. The largest absolute Gasteiger partial charge is 0.359 e. The summed E-state index contributed by atoms with van der Waals surface area (Å²) in [5, 5.41) is 3.75. The third-order valence-electron chi connectivity index (χ3n) is 4.23. The molecule has 1 heterocycles. The number of hydrogen-bond donors (Lipinski definition) is 3. The number of benzene rings is 2. The lowest BCUT2D eigenvalue weighted by atomic mass is 10.2. The van der Waals surface area contributed by atoms with Gasteiger partial charge in [0.25, 0.3) is 0 Å². The Balaban J connectivity index is 1.58. The van der Waals surface area contributed by atoms with Gasteiger partial charge in [-0.15, -0.1) is 0 Å². The molecule has 3 aromatic rings. The van der Waals surface area contributed by atoms with E-state index in [0.717, 1.165) is 16.6 Å². The maximum absolute atomic E-state index is 12.3. The molecule has 0 saturated heterocycles. The number of nitrogens with one attached hydrogen (secondary N) is 3. The van der Waals surface area contributed by atoms with Gasteiger partial charge in [-0.3, -0.25) is 9.59 Å². The van der Waals surface area contributed by atoms with Crippen LogP contribution in [-0.2, 0) is 14.8 Å². The van der Waals surface area contributed by atoms with Crippen LogP contribution < -0.4 is 10.0 Å². The zero-order valence-electron chi connectivity index (χ0n) is 15.6. The summed E-state index contributed by atoms with van der Waals surface area (Å²) in [5.41, 5.74) is 2.97. The predicted octanol–water partition coefficient (Wildman–Crippen LogP) is 2.99. The maximum atomic E-state index is 12.3. The first-order valence-electron chi connectivity index (χ1n) is 8.74. The highest BCUT2D eigenvalue weighted by Gasteiger charge is 2.15. The van der Waals surface area contributed by atoms with Crippen molar-refractivity contribution in [3.63, 3.8) is 0 Å². The van der Waals surface area contributed by atoms with Crippen molar-refractivity contribution in [2.24, 2.45) is 0 Å². The fraction of sp³-hybridized carbons (Fsp3) is 0.200. The molecule has 0 bridgehead atoms. The Morgan fingerprint density at radius 2 is 1.86 bits per heavy atom. The molecule has 1 aromatic heterocycles. The Morgan fingerprint density at radius 3 is 2.61 bits per heavy atom. The summed E-state index contributed by atoms with van der Waals surface area (Å²) in [6.45, 7) is 3.27. The van der Waals surface area contributed by atoms with Gasteiger partial charge >= 0.3 is 0 Å². The van der Waals surface area contributed by atoms with Gasteiger partial charge in [-0.05, 0) is 50.2 Å². The SMILES string of the molecule is CC(=O)c1cccc(S(=O)(=O)NCCC(=O)Nc2ccc3[nH]c(C)cc3c2)c1. The molecule has 0 aliphatic heterocycles. The van der Waals surface area contributed by atoms with Gasteiger partial charge in [0.15, 0.2) is 5.78 Å². The van der Waals surface area contributed by atoms with Crippen LogP contribution in [0.3, 0.4) is 0 Å². The highest BCUT2D eigenvalue weighted by atomic mass is 32.2. The second-order valence-electron chi connectivity index (χ2n) is 6.53. The molecule has 0 unspecified atom stereocenters. The number of anilines is 1. The van der Waals surface area contributed by atoms with Gasteiger partial charge in [0, 0.05) is 40.8 Å². The van der Waals surface area contributed by atoms with Crippen LogP contribution in [0.15, 0.2) is 53.4 Å². The first kappa shape index (κ1) is 19.8. The standard InChI is InChI=1S/C20H21N3O4S/c1-13-10-16-11-17(6-7-19(16)22-13)23-20(25)8-9-21-28(26,27)18-5-3-4-15(12-18)14(2)24/h3-7,10-12,21-22H,8-9H2,1-2H3,(H,23,25). The number of aryl methyl sites for hydroxylation is 1. The fourth-order valence-corrected chi connectivity index (χ4v) is 3.92. The van der Waals surface area contributed by atoms with E-state index in [9.17, 15) is 18.0 Å². The number of aromatic nitrogens is 1. The Bertz CT molecular complexity index is 1150. The van der Waals surface area contributed by atoms with E-state index in [0.29, 0.717) is 11.3 Å². The number of sulfonamides is 1. The van der Waals surface area contributed by atoms with E-state index in [1.807, 2.05) is 25.1 Å². The lowest BCUT2D eigenvalue weighted by Gasteiger charge is -2.08. The molecule has 0 aliphatic carbocycles. The molecule has 0 radical (unpaired) electrons. The van der Waals surface area contributed by atoms with Gasteiger partial charge in [0.2, 0.25) is 15.9 Å². The van der Waals surface area contributed by atoms with E-state index in [1.54, 1.807) is 12.1 Å². The van der Waals surface area contributed by atoms with E-state index in [-0.39, 0.29) is 29.6 Å². The number of carbonyl (C=O) groups excluding carboxylic acids is 2. The van der Waals surface area contributed by atoms with Crippen molar-refractivity contribution in [2.75, 3.05) is 11.9 Å². The number of carbonyl (C=O) groups is 2. The number of Topliss-reactive ketones (excluding diaryl/α,β-unsaturated/α-hetero) is 1. The predicted molar refractivity (Wildman–Crippen MR) is 108 cm³/mol. The minimum atomic E-state index is -3.80. The van der Waals surface area contributed by atoms with Gasteiger partial charge in [0.05, 0.1) is 4.90 Å². The molecule has 0 aliphatic rings. The molecule has 2 aromatic carbocycles. The van der Waals surface area contributed by atoms with Crippen molar-refractivity contribution in [2.45, 2.75) is 25.2 Å². The van der Waals surface area contributed by atoms with Crippen LogP contribution in [0, 0.1) is 6.92 Å². The lowest BCUT2D eigenvalue weighted by molar-refractivity contribution is -0.116. The van der Waals surface area contributed by atoms with Crippen LogP contribution in [0.2, 0.25) is 0 Å². The molecule has 0 spiro atoms. The van der Waals surface area contributed by atoms with Crippen LogP contribution in [0.4, 0.5) is 5.69 Å². The summed E-state index contributed by atoms with van der Waals surface area (Å²) < 4.78 is 27.1. The van der Waals surface area contributed by atoms with Crippen LogP contribution in [0.25, 0.3) is 10.9 Å². The molecule has 0 atom stereocenters. The normalized spacial score (nSPS) is 11.5. The number of H-pyrrole nitrogens is 1. The molecule has 8 heteroatoms. The highest BCUT2D eigenvalue weighted by molar-refractivity contribution is 7.89. The Labute approximate surface area is 163 Å². The summed E-state index contributed by atoms with van der Waals surface area (Å²) in [4.78, 5) is 26.7.